The zero-order chi connectivity index (χ0) is 8.15. The predicted octanol–water partition coefficient (Wildman–Crippen LogP) is -0.768. The Labute approximate surface area is 60.4 Å². The second-order valence-corrected chi connectivity index (χ2v) is 3.62. The van der Waals surface area contributed by atoms with Gasteiger partial charge in [-0.2, -0.15) is 0 Å². The van der Waals surface area contributed by atoms with Crippen LogP contribution in [-0.2, 0) is 14.0 Å². The second kappa shape index (κ2) is 3.83. The van der Waals surface area contributed by atoms with E-state index in [0.29, 0.717) is 0 Å². The van der Waals surface area contributed by atoms with Crippen molar-refractivity contribution in [1.82, 2.24) is 0 Å². The van der Waals surface area contributed by atoms with Crippen LogP contribution in [0.4, 0.5) is 0 Å². The molecule has 0 bridgehead atoms. The number of carboxylic acid groups (broad SMARTS) is 1. The molecule has 0 aliphatic heterocycles. The minimum atomic E-state index is -1.55. The highest BCUT2D eigenvalue weighted by atomic mass is 28.2. The standard InChI is InChI=1S/C5H8O4Si/c1-3(2)10-9-5(8)4(6)7/h1,10H2,2H3,(H,6,7). The van der Waals surface area contributed by atoms with Gasteiger partial charge in [0.2, 0.25) is 0 Å². The largest absolute Gasteiger partial charge is 0.513 e. The number of hydrogen-bond acceptors (Lipinski definition) is 3. The van der Waals surface area contributed by atoms with Crippen LogP contribution in [0.15, 0.2) is 11.8 Å². The zero-order valence-corrected chi connectivity index (χ0v) is 7.00. The molecule has 0 heterocycles. The van der Waals surface area contributed by atoms with Gasteiger partial charge in [-0.1, -0.05) is 5.20 Å². The number of aliphatic carboxylic acids is 1. The average Bonchev–Trinajstić information content (AvgIpc) is 1.82. The highest BCUT2D eigenvalue weighted by Gasteiger charge is 2.11. The van der Waals surface area contributed by atoms with Crippen LogP contribution in [-0.4, -0.2) is 26.8 Å². The molecule has 0 amide bonds. The van der Waals surface area contributed by atoms with Gasteiger partial charge < -0.3 is 9.53 Å². The maximum Gasteiger partial charge on any atom is 0.413 e. The minimum absolute atomic E-state index is 0.745. The summed E-state index contributed by atoms with van der Waals surface area (Å²) in [7, 11) is -1.17. The van der Waals surface area contributed by atoms with Crippen LogP contribution in [0, 0.1) is 0 Å². The highest BCUT2D eigenvalue weighted by molar-refractivity contribution is 6.45. The molecule has 0 fully saturated rings. The molecule has 4 nitrogen and oxygen atoms in total. The molecule has 0 rings (SSSR count). The van der Waals surface area contributed by atoms with Crippen molar-refractivity contribution in [2.75, 3.05) is 0 Å². The minimum Gasteiger partial charge on any atom is -0.513 e. The van der Waals surface area contributed by atoms with Crippen LogP contribution in [0.5, 0.6) is 0 Å². The molecule has 0 radical (unpaired) electrons. The third kappa shape index (κ3) is 3.85. The first-order chi connectivity index (χ1) is 4.54. The first-order valence-corrected chi connectivity index (χ1v) is 3.87. The SMILES string of the molecule is C=C(C)[SiH2]OC(=O)C(=O)O. The molecule has 10 heavy (non-hydrogen) atoms. The van der Waals surface area contributed by atoms with Crippen molar-refractivity contribution in [1.29, 1.82) is 0 Å². The highest BCUT2D eigenvalue weighted by Crippen LogP contribution is 1.84. The lowest BCUT2D eigenvalue weighted by atomic mass is 10.7. The third-order valence-electron chi connectivity index (χ3n) is 0.624. The van der Waals surface area contributed by atoms with Gasteiger partial charge in [0, 0.05) is 0 Å². The summed E-state index contributed by atoms with van der Waals surface area (Å²) in [5.41, 5.74) is 0. The van der Waals surface area contributed by atoms with Gasteiger partial charge in [0.05, 0.1) is 0 Å². The van der Waals surface area contributed by atoms with Gasteiger partial charge in [0.25, 0.3) is 9.76 Å². The Balaban J connectivity index is 3.60. The maximum atomic E-state index is 10.2. The smallest absolute Gasteiger partial charge is 0.413 e. The van der Waals surface area contributed by atoms with Crippen LogP contribution >= 0.6 is 0 Å². The first-order valence-electron chi connectivity index (χ1n) is 2.58. The van der Waals surface area contributed by atoms with Crippen molar-refractivity contribution in [3.63, 3.8) is 0 Å². The average molecular weight is 160 g/mol. The summed E-state index contributed by atoms with van der Waals surface area (Å²) in [5, 5.41) is 8.76. The molecular formula is C5H8O4Si. The number of carboxylic acids is 1. The number of hydrogen-bond donors (Lipinski definition) is 1. The van der Waals surface area contributed by atoms with E-state index in [4.69, 9.17) is 5.11 Å². The molecule has 0 unspecified atom stereocenters. The Bertz CT molecular complexity index is 174. The van der Waals surface area contributed by atoms with Gasteiger partial charge in [-0.25, -0.2) is 9.59 Å². The van der Waals surface area contributed by atoms with Crippen molar-refractivity contribution >= 4 is 21.7 Å². The fourth-order valence-corrected chi connectivity index (χ4v) is 0.751. The van der Waals surface area contributed by atoms with Crippen LogP contribution in [0.25, 0.3) is 0 Å². The van der Waals surface area contributed by atoms with Crippen LogP contribution in [0.2, 0.25) is 0 Å². The van der Waals surface area contributed by atoms with Crippen molar-refractivity contribution in [3.05, 3.63) is 11.8 Å². The molecule has 0 saturated carbocycles. The van der Waals surface area contributed by atoms with Crippen molar-refractivity contribution in [2.24, 2.45) is 0 Å². The van der Waals surface area contributed by atoms with Crippen LogP contribution in [0.1, 0.15) is 6.92 Å². The monoisotopic (exact) mass is 160 g/mol. The molecule has 0 aliphatic carbocycles. The van der Waals surface area contributed by atoms with Gasteiger partial charge in [0.1, 0.15) is 0 Å². The lowest BCUT2D eigenvalue weighted by Crippen LogP contribution is -2.18. The molecule has 0 saturated heterocycles. The number of rotatable bonds is 2. The predicted molar refractivity (Wildman–Crippen MR) is 37.1 cm³/mol. The zero-order valence-electron chi connectivity index (χ0n) is 5.59. The fourth-order valence-electron chi connectivity index (χ4n) is 0.250. The topological polar surface area (TPSA) is 63.6 Å². The Morgan fingerprint density at radius 1 is 1.60 bits per heavy atom. The van der Waals surface area contributed by atoms with E-state index in [2.05, 4.69) is 11.0 Å². The van der Waals surface area contributed by atoms with Crippen LogP contribution in [0.3, 0.4) is 0 Å². The van der Waals surface area contributed by atoms with E-state index in [0.717, 1.165) is 5.20 Å². The third-order valence-corrected chi connectivity index (χ3v) is 1.52. The Morgan fingerprint density at radius 2 is 2.10 bits per heavy atom. The quantitative estimate of drug-likeness (QED) is 0.425. The summed E-state index contributed by atoms with van der Waals surface area (Å²) in [6, 6.07) is 0. The summed E-state index contributed by atoms with van der Waals surface area (Å²) < 4.78 is 4.37. The van der Waals surface area contributed by atoms with Crippen molar-refractivity contribution in [2.45, 2.75) is 6.92 Å². The van der Waals surface area contributed by atoms with E-state index in [1.807, 2.05) is 0 Å². The van der Waals surface area contributed by atoms with Crippen molar-refractivity contribution < 1.29 is 19.1 Å². The van der Waals surface area contributed by atoms with E-state index in [1.54, 1.807) is 6.92 Å². The number of carbonyl (C=O) groups excluding carboxylic acids is 1. The molecule has 5 heteroatoms. The van der Waals surface area contributed by atoms with E-state index in [9.17, 15) is 9.59 Å². The summed E-state index contributed by atoms with van der Waals surface area (Å²) in [5.74, 6) is -2.73. The number of allylic oxidation sites excluding steroid dienone is 1. The molecule has 0 aromatic heterocycles. The summed E-state index contributed by atoms with van der Waals surface area (Å²) >= 11 is 0. The summed E-state index contributed by atoms with van der Waals surface area (Å²) in [4.78, 5) is 20.0. The Hall–Kier alpha value is -1.10. The number of carbonyl (C=O) groups is 2. The van der Waals surface area contributed by atoms with E-state index in [1.165, 1.54) is 0 Å². The molecule has 1 N–H and O–H groups in total. The maximum absolute atomic E-state index is 10.2. The molecule has 0 aromatic rings. The molecule has 0 spiro atoms. The van der Waals surface area contributed by atoms with E-state index in [-0.39, 0.29) is 0 Å². The Kier molecular flexibility index (Phi) is 3.41. The summed E-state index contributed by atoms with van der Waals surface area (Å²) in [6.07, 6.45) is 0. The molecule has 56 valence electrons. The van der Waals surface area contributed by atoms with Gasteiger partial charge >= 0.3 is 11.9 Å². The van der Waals surface area contributed by atoms with Crippen LogP contribution < -0.4 is 0 Å². The lowest BCUT2D eigenvalue weighted by molar-refractivity contribution is -0.158. The van der Waals surface area contributed by atoms with Crippen molar-refractivity contribution in [3.8, 4) is 0 Å². The van der Waals surface area contributed by atoms with Gasteiger partial charge in [-0.05, 0) is 6.92 Å². The van der Waals surface area contributed by atoms with E-state index < -0.39 is 21.7 Å². The van der Waals surface area contributed by atoms with Gasteiger partial charge in [-0.15, -0.1) is 6.58 Å². The van der Waals surface area contributed by atoms with Gasteiger partial charge in [-0.3, -0.25) is 0 Å². The van der Waals surface area contributed by atoms with E-state index >= 15 is 0 Å². The second-order valence-electron chi connectivity index (χ2n) is 1.84. The molecule has 0 atom stereocenters. The normalized spacial score (nSPS) is 9.70. The van der Waals surface area contributed by atoms with Gasteiger partial charge in [0.15, 0.2) is 0 Å². The molecular weight excluding hydrogens is 152 g/mol. The first kappa shape index (κ1) is 8.90. The lowest BCUT2D eigenvalue weighted by Gasteiger charge is -1.97. The molecule has 0 aliphatic rings. The summed E-state index contributed by atoms with van der Waals surface area (Å²) in [6.45, 7) is 5.17. The Morgan fingerprint density at radius 3 is 2.40 bits per heavy atom. The molecule has 0 aromatic carbocycles. The fraction of sp³-hybridized carbons (Fsp3) is 0.200.